The lowest BCUT2D eigenvalue weighted by molar-refractivity contribution is 0.299. The molecule has 3 nitrogen and oxygen atoms in total. The third kappa shape index (κ3) is 2.07. The summed E-state index contributed by atoms with van der Waals surface area (Å²) in [4.78, 5) is 4.33. The van der Waals surface area contributed by atoms with Crippen LogP contribution in [-0.4, -0.2) is 23.8 Å². The van der Waals surface area contributed by atoms with Gasteiger partial charge in [0.05, 0.1) is 12.6 Å². The van der Waals surface area contributed by atoms with Crippen LogP contribution in [0.4, 0.5) is 0 Å². The van der Waals surface area contributed by atoms with Gasteiger partial charge in [-0.1, -0.05) is 12.1 Å². The molecule has 0 saturated heterocycles. The molecule has 15 heavy (non-hydrogen) atoms. The summed E-state index contributed by atoms with van der Waals surface area (Å²) in [6.07, 6.45) is 0.662. The maximum absolute atomic E-state index is 8.85. The number of hydrogen-bond acceptors (Lipinski definition) is 3. The zero-order valence-electron chi connectivity index (χ0n) is 8.60. The molecule has 1 heterocycles. The fourth-order valence-corrected chi connectivity index (χ4v) is 1.54. The van der Waals surface area contributed by atoms with Gasteiger partial charge in [0.25, 0.3) is 0 Å². The van der Waals surface area contributed by atoms with E-state index in [1.165, 1.54) is 0 Å². The molecule has 1 aromatic heterocycles. The molecule has 0 aliphatic rings. The van der Waals surface area contributed by atoms with Crippen LogP contribution < -0.4 is 4.74 Å². The van der Waals surface area contributed by atoms with Crippen molar-refractivity contribution in [3.8, 4) is 5.88 Å². The largest absolute Gasteiger partial charge is 0.481 e. The monoisotopic (exact) mass is 203 g/mol. The Balaban J connectivity index is 2.48. The van der Waals surface area contributed by atoms with Gasteiger partial charge in [0.1, 0.15) is 0 Å². The SMILES string of the molecule is COc1ccc2ccc(CCO)cc2n1. The summed E-state index contributed by atoms with van der Waals surface area (Å²) in [5, 5.41) is 9.93. The number of aliphatic hydroxyl groups is 1. The second-order valence-electron chi connectivity index (χ2n) is 3.35. The summed E-state index contributed by atoms with van der Waals surface area (Å²) in [5.74, 6) is 0.614. The smallest absolute Gasteiger partial charge is 0.213 e. The van der Waals surface area contributed by atoms with Crippen LogP contribution in [0.5, 0.6) is 5.88 Å². The summed E-state index contributed by atoms with van der Waals surface area (Å²) in [6.45, 7) is 0.162. The van der Waals surface area contributed by atoms with Gasteiger partial charge in [-0.2, -0.15) is 0 Å². The van der Waals surface area contributed by atoms with Gasteiger partial charge in [-0.05, 0) is 24.1 Å². The minimum atomic E-state index is 0.162. The van der Waals surface area contributed by atoms with Crippen LogP contribution in [0.3, 0.4) is 0 Å². The summed E-state index contributed by atoms with van der Waals surface area (Å²) in [6, 6.07) is 9.81. The lowest BCUT2D eigenvalue weighted by Crippen LogP contribution is -1.92. The molecular formula is C12H13NO2. The van der Waals surface area contributed by atoms with E-state index in [1.807, 2.05) is 30.3 Å². The van der Waals surface area contributed by atoms with Crippen LogP contribution in [-0.2, 0) is 6.42 Å². The van der Waals surface area contributed by atoms with Crippen LogP contribution in [0.25, 0.3) is 10.9 Å². The van der Waals surface area contributed by atoms with Crippen molar-refractivity contribution in [2.24, 2.45) is 0 Å². The van der Waals surface area contributed by atoms with E-state index < -0.39 is 0 Å². The number of nitrogens with zero attached hydrogens (tertiary/aromatic N) is 1. The molecule has 0 spiro atoms. The van der Waals surface area contributed by atoms with Gasteiger partial charge >= 0.3 is 0 Å². The number of aliphatic hydroxyl groups excluding tert-OH is 1. The zero-order chi connectivity index (χ0) is 10.7. The Morgan fingerprint density at radius 2 is 2.07 bits per heavy atom. The summed E-state index contributed by atoms with van der Waals surface area (Å²) >= 11 is 0. The summed E-state index contributed by atoms with van der Waals surface area (Å²) < 4.78 is 5.06. The molecule has 0 bridgehead atoms. The highest BCUT2D eigenvalue weighted by molar-refractivity contribution is 5.79. The lowest BCUT2D eigenvalue weighted by Gasteiger charge is -2.03. The highest BCUT2D eigenvalue weighted by Gasteiger charge is 1.99. The topological polar surface area (TPSA) is 42.4 Å². The van der Waals surface area contributed by atoms with Gasteiger partial charge in [-0.25, -0.2) is 4.98 Å². The minimum Gasteiger partial charge on any atom is -0.481 e. The third-order valence-electron chi connectivity index (χ3n) is 2.34. The van der Waals surface area contributed by atoms with Gasteiger partial charge < -0.3 is 9.84 Å². The van der Waals surface area contributed by atoms with E-state index in [4.69, 9.17) is 9.84 Å². The van der Waals surface area contributed by atoms with Crippen molar-refractivity contribution >= 4 is 10.9 Å². The van der Waals surface area contributed by atoms with E-state index in [1.54, 1.807) is 7.11 Å². The predicted molar refractivity (Wildman–Crippen MR) is 59.1 cm³/mol. The van der Waals surface area contributed by atoms with Crippen molar-refractivity contribution in [2.45, 2.75) is 6.42 Å². The Labute approximate surface area is 88.3 Å². The van der Waals surface area contributed by atoms with Crippen molar-refractivity contribution in [3.63, 3.8) is 0 Å². The number of methoxy groups -OCH3 is 1. The molecule has 78 valence electrons. The molecule has 0 saturated carbocycles. The van der Waals surface area contributed by atoms with Crippen LogP contribution >= 0.6 is 0 Å². The summed E-state index contributed by atoms with van der Waals surface area (Å²) in [7, 11) is 1.60. The molecule has 0 aliphatic carbocycles. The molecule has 0 amide bonds. The number of fused-ring (bicyclic) bond motifs is 1. The molecule has 0 unspecified atom stereocenters. The number of rotatable bonds is 3. The number of ether oxygens (including phenoxy) is 1. The molecule has 1 N–H and O–H groups in total. The Bertz CT molecular complexity index is 468. The second-order valence-corrected chi connectivity index (χ2v) is 3.35. The molecule has 0 aliphatic heterocycles. The predicted octanol–water partition coefficient (Wildman–Crippen LogP) is 1.78. The van der Waals surface area contributed by atoms with Gasteiger partial charge in [0.15, 0.2) is 0 Å². The highest BCUT2D eigenvalue weighted by atomic mass is 16.5. The lowest BCUT2D eigenvalue weighted by atomic mass is 10.1. The average Bonchev–Trinajstić information content (AvgIpc) is 2.28. The molecule has 0 radical (unpaired) electrons. The molecule has 2 aromatic rings. The minimum absolute atomic E-state index is 0.162. The molecule has 0 fully saturated rings. The maximum atomic E-state index is 8.85. The molecule has 1 aromatic carbocycles. The van der Waals surface area contributed by atoms with E-state index in [9.17, 15) is 0 Å². The number of hydrogen-bond donors (Lipinski definition) is 1. The molecule has 0 atom stereocenters. The van der Waals surface area contributed by atoms with Gasteiger partial charge in [0.2, 0.25) is 5.88 Å². The van der Waals surface area contributed by atoms with Crippen molar-refractivity contribution in [3.05, 3.63) is 35.9 Å². The fraction of sp³-hybridized carbons (Fsp3) is 0.250. The standard InChI is InChI=1S/C12H13NO2/c1-15-12-5-4-10-3-2-9(6-7-14)8-11(10)13-12/h2-5,8,14H,6-7H2,1H3. The van der Waals surface area contributed by atoms with Crippen LogP contribution in [0.15, 0.2) is 30.3 Å². The second kappa shape index (κ2) is 4.28. The first-order valence-electron chi connectivity index (χ1n) is 4.88. The average molecular weight is 203 g/mol. The van der Waals surface area contributed by atoms with E-state index >= 15 is 0 Å². The van der Waals surface area contributed by atoms with Gasteiger partial charge in [-0.15, -0.1) is 0 Å². The van der Waals surface area contributed by atoms with Gasteiger partial charge in [0, 0.05) is 18.1 Å². The first-order valence-corrected chi connectivity index (χ1v) is 4.88. The first kappa shape index (κ1) is 9.93. The number of benzene rings is 1. The highest BCUT2D eigenvalue weighted by Crippen LogP contribution is 2.18. The van der Waals surface area contributed by atoms with Crippen molar-refractivity contribution < 1.29 is 9.84 Å². The summed E-state index contributed by atoms with van der Waals surface area (Å²) in [5.41, 5.74) is 1.99. The van der Waals surface area contributed by atoms with Crippen molar-refractivity contribution in [1.82, 2.24) is 4.98 Å². The van der Waals surface area contributed by atoms with Crippen molar-refractivity contribution in [1.29, 1.82) is 0 Å². The third-order valence-corrected chi connectivity index (χ3v) is 2.34. The maximum Gasteiger partial charge on any atom is 0.213 e. The van der Waals surface area contributed by atoms with Crippen LogP contribution in [0, 0.1) is 0 Å². The molecule has 2 rings (SSSR count). The fourth-order valence-electron chi connectivity index (χ4n) is 1.54. The van der Waals surface area contributed by atoms with Crippen molar-refractivity contribution in [2.75, 3.05) is 13.7 Å². The molecule has 3 heteroatoms. The quantitative estimate of drug-likeness (QED) is 0.826. The van der Waals surface area contributed by atoms with E-state index in [0.717, 1.165) is 16.5 Å². The van der Waals surface area contributed by atoms with E-state index in [2.05, 4.69) is 4.98 Å². The Morgan fingerprint density at radius 3 is 2.80 bits per heavy atom. The number of aromatic nitrogens is 1. The Hall–Kier alpha value is -1.61. The zero-order valence-corrected chi connectivity index (χ0v) is 8.60. The van der Waals surface area contributed by atoms with Gasteiger partial charge in [-0.3, -0.25) is 0 Å². The molecular weight excluding hydrogens is 190 g/mol. The van der Waals surface area contributed by atoms with Crippen LogP contribution in [0.1, 0.15) is 5.56 Å². The number of pyridine rings is 1. The van der Waals surface area contributed by atoms with E-state index in [0.29, 0.717) is 12.3 Å². The Kier molecular flexibility index (Phi) is 2.83. The Morgan fingerprint density at radius 1 is 1.27 bits per heavy atom. The normalized spacial score (nSPS) is 10.5. The van der Waals surface area contributed by atoms with Crippen LogP contribution in [0.2, 0.25) is 0 Å². The first-order chi connectivity index (χ1) is 7.33. The van der Waals surface area contributed by atoms with E-state index in [-0.39, 0.29) is 6.61 Å².